The van der Waals surface area contributed by atoms with E-state index in [1.165, 1.54) is 18.2 Å². The van der Waals surface area contributed by atoms with E-state index < -0.39 is 16.6 Å². The number of rotatable bonds is 6. The van der Waals surface area contributed by atoms with Crippen molar-refractivity contribution in [2.75, 3.05) is 6.61 Å². The second kappa shape index (κ2) is 7.18. The number of esters is 1. The number of hydrogen-bond donors (Lipinski definition) is 1. The largest absolute Gasteiger partial charge is 0.493 e. The molecule has 2 rings (SSSR count). The average molecular weight is 356 g/mol. The third-order valence-electron chi connectivity index (χ3n) is 3.18. The molecule has 0 spiro atoms. The summed E-state index contributed by atoms with van der Waals surface area (Å²) in [7, 11) is 0. The topological polar surface area (TPSA) is 117 Å². The van der Waals surface area contributed by atoms with Gasteiger partial charge in [-0.15, -0.1) is 0 Å². The molecule has 1 N–H and O–H groups in total. The summed E-state index contributed by atoms with van der Waals surface area (Å²) < 4.78 is 6.72. The number of carbonyl (C=O) groups is 1. The number of aromatic nitrogens is 2. The summed E-state index contributed by atoms with van der Waals surface area (Å²) in [5.41, 5.74) is -0.539. The maximum Gasteiger partial charge on any atom is 0.331 e. The van der Waals surface area contributed by atoms with Crippen molar-refractivity contribution in [2.45, 2.75) is 20.0 Å². The van der Waals surface area contributed by atoms with Crippen LogP contribution in [0.1, 0.15) is 12.5 Å². The molecule has 0 radical (unpaired) electrons. The number of benzene rings is 1. The van der Waals surface area contributed by atoms with Crippen LogP contribution >= 0.6 is 11.6 Å². The number of nitrogens with zero attached hydrogens (tertiary/aromatic N) is 3. The van der Waals surface area contributed by atoms with Crippen molar-refractivity contribution in [1.82, 2.24) is 9.13 Å². The lowest BCUT2D eigenvalue weighted by Crippen LogP contribution is -2.27. The van der Waals surface area contributed by atoms with E-state index in [4.69, 9.17) is 16.3 Å². The highest BCUT2D eigenvalue weighted by Crippen LogP contribution is 2.25. The van der Waals surface area contributed by atoms with Gasteiger partial charge >= 0.3 is 11.7 Å². The van der Waals surface area contributed by atoms with Crippen LogP contribution in [0.4, 0.5) is 5.69 Å². The molecule has 0 atom stereocenters. The first-order chi connectivity index (χ1) is 11.3. The lowest BCUT2D eigenvalue weighted by molar-refractivity contribution is -0.384. The zero-order chi connectivity index (χ0) is 17.9. The fraction of sp³-hybridized carbons (Fsp3) is 0.286. The minimum absolute atomic E-state index is 0.0276. The smallest absolute Gasteiger partial charge is 0.331 e. The van der Waals surface area contributed by atoms with Crippen LogP contribution in [0.15, 0.2) is 29.2 Å². The van der Waals surface area contributed by atoms with Crippen molar-refractivity contribution in [3.05, 3.63) is 55.6 Å². The summed E-state index contributed by atoms with van der Waals surface area (Å²) in [6.45, 7) is 1.36. The molecular weight excluding hydrogens is 342 g/mol. The highest BCUT2D eigenvalue weighted by Gasteiger charge is 2.17. The molecule has 1 aromatic carbocycles. The molecule has 2 aromatic rings. The van der Waals surface area contributed by atoms with Crippen LogP contribution in [0.5, 0.6) is 5.88 Å². The lowest BCUT2D eigenvalue weighted by Gasteiger charge is -2.04. The predicted octanol–water partition coefficient (Wildman–Crippen LogP) is 1.53. The Hall–Kier alpha value is -2.81. The third kappa shape index (κ3) is 3.74. The Balaban J connectivity index is 2.29. The molecule has 0 fully saturated rings. The van der Waals surface area contributed by atoms with E-state index in [1.807, 2.05) is 0 Å². The zero-order valence-electron chi connectivity index (χ0n) is 12.6. The van der Waals surface area contributed by atoms with Gasteiger partial charge in [0.25, 0.3) is 5.69 Å². The van der Waals surface area contributed by atoms with E-state index in [9.17, 15) is 24.8 Å². The van der Waals surface area contributed by atoms with Crippen molar-refractivity contribution >= 4 is 23.3 Å². The van der Waals surface area contributed by atoms with Gasteiger partial charge in [-0.05, 0) is 18.6 Å². The molecule has 24 heavy (non-hydrogen) atoms. The van der Waals surface area contributed by atoms with Crippen LogP contribution in [-0.4, -0.2) is 31.7 Å². The summed E-state index contributed by atoms with van der Waals surface area (Å²) in [5.74, 6) is -0.985. The number of carbonyl (C=O) groups excluding carboxylic acids is 1. The van der Waals surface area contributed by atoms with E-state index in [1.54, 1.807) is 6.92 Å². The van der Waals surface area contributed by atoms with Crippen LogP contribution in [0, 0.1) is 10.1 Å². The fourth-order valence-electron chi connectivity index (χ4n) is 2.10. The number of hydrogen-bond acceptors (Lipinski definition) is 6. The molecule has 0 saturated heterocycles. The van der Waals surface area contributed by atoms with Gasteiger partial charge in [0.15, 0.2) is 0 Å². The predicted molar refractivity (Wildman–Crippen MR) is 84.2 cm³/mol. The normalized spacial score (nSPS) is 10.6. The first kappa shape index (κ1) is 17.5. The molecular formula is C14H14ClN3O6. The SMILES string of the molecule is CCOC(=O)Cn1cc(O)n(Cc2ccc(Cl)c([N+](=O)[O-])c2)c1=O. The first-order valence-corrected chi connectivity index (χ1v) is 7.28. The van der Waals surface area contributed by atoms with Gasteiger partial charge in [0.2, 0.25) is 5.88 Å². The number of nitro benzene ring substituents is 1. The second-order valence-corrected chi connectivity index (χ2v) is 5.24. The molecule has 0 amide bonds. The van der Waals surface area contributed by atoms with Gasteiger partial charge in [-0.25, -0.2) is 4.79 Å². The van der Waals surface area contributed by atoms with Crippen molar-refractivity contribution in [2.24, 2.45) is 0 Å². The van der Waals surface area contributed by atoms with E-state index in [0.29, 0.717) is 5.56 Å². The molecule has 10 heteroatoms. The molecule has 128 valence electrons. The number of aromatic hydroxyl groups is 1. The summed E-state index contributed by atoms with van der Waals surface area (Å²) in [4.78, 5) is 33.9. The van der Waals surface area contributed by atoms with Gasteiger partial charge in [-0.2, -0.15) is 0 Å². The number of halogens is 1. The van der Waals surface area contributed by atoms with Crippen LogP contribution in [-0.2, 0) is 22.6 Å². The Kier molecular flexibility index (Phi) is 5.24. The maximum atomic E-state index is 12.2. The maximum absolute atomic E-state index is 12.2. The first-order valence-electron chi connectivity index (χ1n) is 6.90. The van der Waals surface area contributed by atoms with Gasteiger partial charge in [0, 0.05) is 6.07 Å². The van der Waals surface area contributed by atoms with Crippen LogP contribution in [0.2, 0.25) is 5.02 Å². The van der Waals surface area contributed by atoms with Crippen LogP contribution in [0.25, 0.3) is 0 Å². The Morgan fingerprint density at radius 3 is 2.79 bits per heavy atom. The molecule has 0 saturated carbocycles. The van der Waals surface area contributed by atoms with Gasteiger partial charge in [-0.3, -0.25) is 24.0 Å². The summed E-state index contributed by atoms with van der Waals surface area (Å²) in [5, 5.41) is 20.7. The van der Waals surface area contributed by atoms with Crippen molar-refractivity contribution in [1.29, 1.82) is 0 Å². The van der Waals surface area contributed by atoms with Gasteiger partial charge < -0.3 is 9.84 Å². The molecule has 0 aliphatic rings. The number of imidazole rings is 1. The second-order valence-electron chi connectivity index (χ2n) is 4.83. The summed E-state index contributed by atoms with van der Waals surface area (Å²) in [6.07, 6.45) is 1.10. The standard InChI is InChI=1S/C14H14ClN3O6/c1-2-24-13(20)8-16-7-12(19)17(14(16)21)6-9-3-4-10(15)11(5-9)18(22)23/h3-5,7,19H,2,6,8H2,1H3. The molecule has 1 heterocycles. The quantitative estimate of drug-likeness (QED) is 0.477. The molecule has 0 bridgehead atoms. The molecule has 1 aromatic heterocycles. The van der Waals surface area contributed by atoms with E-state index >= 15 is 0 Å². The van der Waals surface area contributed by atoms with Gasteiger partial charge in [0.05, 0.1) is 24.3 Å². The van der Waals surface area contributed by atoms with Gasteiger partial charge in [0.1, 0.15) is 11.6 Å². The van der Waals surface area contributed by atoms with E-state index in [-0.39, 0.29) is 36.3 Å². The van der Waals surface area contributed by atoms with Crippen molar-refractivity contribution in [3.63, 3.8) is 0 Å². The van der Waals surface area contributed by atoms with E-state index in [2.05, 4.69) is 0 Å². The highest BCUT2D eigenvalue weighted by atomic mass is 35.5. The number of nitro groups is 1. The Labute approximate surface area is 140 Å². The monoisotopic (exact) mass is 355 g/mol. The lowest BCUT2D eigenvalue weighted by atomic mass is 10.2. The minimum atomic E-state index is -0.641. The average Bonchev–Trinajstić information content (AvgIpc) is 2.76. The Morgan fingerprint density at radius 2 is 2.17 bits per heavy atom. The molecule has 0 aliphatic heterocycles. The van der Waals surface area contributed by atoms with Crippen molar-refractivity contribution in [3.8, 4) is 5.88 Å². The van der Waals surface area contributed by atoms with Gasteiger partial charge in [-0.1, -0.05) is 17.7 Å². The molecule has 9 nitrogen and oxygen atoms in total. The van der Waals surface area contributed by atoms with Crippen molar-refractivity contribution < 1.29 is 19.6 Å². The molecule has 0 unspecified atom stereocenters. The Morgan fingerprint density at radius 1 is 1.46 bits per heavy atom. The summed E-state index contributed by atoms with van der Waals surface area (Å²) in [6, 6.07) is 4.06. The van der Waals surface area contributed by atoms with E-state index in [0.717, 1.165) is 15.3 Å². The number of ether oxygens (including phenoxy) is 1. The summed E-state index contributed by atoms with van der Waals surface area (Å²) >= 11 is 5.73. The highest BCUT2D eigenvalue weighted by molar-refractivity contribution is 6.32. The third-order valence-corrected chi connectivity index (χ3v) is 3.50. The fourth-order valence-corrected chi connectivity index (χ4v) is 2.29. The van der Waals surface area contributed by atoms with Crippen LogP contribution < -0.4 is 5.69 Å². The zero-order valence-corrected chi connectivity index (χ0v) is 13.4. The minimum Gasteiger partial charge on any atom is -0.493 e. The van der Waals surface area contributed by atoms with Crippen LogP contribution in [0.3, 0.4) is 0 Å². The Bertz CT molecular complexity index is 842. The molecule has 0 aliphatic carbocycles.